The molecule has 2 amide bonds. The van der Waals surface area contributed by atoms with E-state index < -0.39 is 11.8 Å². The van der Waals surface area contributed by atoms with Crippen molar-refractivity contribution in [3.63, 3.8) is 0 Å². The number of benzene rings is 2. The van der Waals surface area contributed by atoms with Gasteiger partial charge in [0.25, 0.3) is 0 Å². The van der Waals surface area contributed by atoms with E-state index in [0.717, 1.165) is 11.1 Å². The second-order valence-corrected chi connectivity index (χ2v) is 5.59. The monoisotopic (exact) mass is 336 g/mol. The molecule has 2 rings (SSSR count). The zero-order chi connectivity index (χ0) is 16.1. The quantitative estimate of drug-likeness (QED) is 0.842. The molecular formula is C16H14Cl2N2O2. The molecule has 4 nitrogen and oxygen atoms in total. The van der Waals surface area contributed by atoms with Gasteiger partial charge in [-0.2, -0.15) is 0 Å². The van der Waals surface area contributed by atoms with E-state index >= 15 is 0 Å². The topological polar surface area (TPSA) is 58.2 Å². The summed E-state index contributed by atoms with van der Waals surface area (Å²) in [6.07, 6.45) is 0. The summed E-state index contributed by atoms with van der Waals surface area (Å²) in [4.78, 5) is 23.6. The van der Waals surface area contributed by atoms with Gasteiger partial charge in [0.05, 0.1) is 10.7 Å². The third-order valence-electron chi connectivity index (χ3n) is 2.96. The van der Waals surface area contributed by atoms with Crippen LogP contribution >= 0.6 is 23.2 Å². The fourth-order valence-electron chi connectivity index (χ4n) is 1.74. The van der Waals surface area contributed by atoms with Crippen LogP contribution in [0.3, 0.4) is 0 Å². The molecule has 0 bridgehead atoms. The van der Waals surface area contributed by atoms with Gasteiger partial charge in [-0.25, -0.2) is 0 Å². The van der Waals surface area contributed by atoms with Crippen LogP contribution in [0.25, 0.3) is 0 Å². The molecule has 0 aliphatic heterocycles. The Morgan fingerprint density at radius 3 is 2.32 bits per heavy atom. The Labute approximate surface area is 138 Å². The Balaban J connectivity index is 1.92. The molecule has 0 unspecified atom stereocenters. The van der Waals surface area contributed by atoms with Crippen molar-refractivity contribution in [3.05, 3.63) is 63.6 Å². The zero-order valence-electron chi connectivity index (χ0n) is 11.8. The summed E-state index contributed by atoms with van der Waals surface area (Å²) in [5.41, 5.74) is 2.38. The third kappa shape index (κ3) is 4.48. The molecule has 0 fully saturated rings. The number of rotatable bonds is 3. The van der Waals surface area contributed by atoms with E-state index in [0.29, 0.717) is 10.7 Å². The van der Waals surface area contributed by atoms with Gasteiger partial charge in [-0.05, 0) is 30.7 Å². The second-order valence-electron chi connectivity index (χ2n) is 4.75. The highest BCUT2D eigenvalue weighted by molar-refractivity contribution is 6.42. The fourth-order valence-corrected chi connectivity index (χ4v) is 2.19. The van der Waals surface area contributed by atoms with Crippen molar-refractivity contribution in [2.75, 3.05) is 5.32 Å². The van der Waals surface area contributed by atoms with Crippen molar-refractivity contribution >= 4 is 40.7 Å². The second kappa shape index (κ2) is 7.29. The Kier molecular flexibility index (Phi) is 5.41. The highest BCUT2D eigenvalue weighted by atomic mass is 35.5. The van der Waals surface area contributed by atoms with Crippen LogP contribution in [0.2, 0.25) is 10.0 Å². The van der Waals surface area contributed by atoms with E-state index in [1.807, 2.05) is 31.2 Å². The van der Waals surface area contributed by atoms with Crippen LogP contribution in [0, 0.1) is 6.92 Å². The average molecular weight is 337 g/mol. The summed E-state index contributed by atoms with van der Waals surface area (Å²) in [7, 11) is 0. The van der Waals surface area contributed by atoms with Crippen molar-refractivity contribution in [2.24, 2.45) is 0 Å². The molecule has 22 heavy (non-hydrogen) atoms. The first-order valence-electron chi connectivity index (χ1n) is 6.55. The smallest absolute Gasteiger partial charge is 0.313 e. The van der Waals surface area contributed by atoms with Crippen molar-refractivity contribution < 1.29 is 9.59 Å². The molecule has 6 heteroatoms. The van der Waals surface area contributed by atoms with Crippen LogP contribution in [0.5, 0.6) is 0 Å². The highest BCUT2D eigenvalue weighted by Gasteiger charge is 2.14. The summed E-state index contributed by atoms with van der Waals surface area (Å²) in [5.74, 6) is -1.51. The van der Waals surface area contributed by atoms with Crippen LogP contribution in [0.1, 0.15) is 11.1 Å². The minimum atomic E-state index is -0.781. The molecule has 114 valence electrons. The van der Waals surface area contributed by atoms with Crippen molar-refractivity contribution in [2.45, 2.75) is 13.5 Å². The maximum atomic E-state index is 11.8. The first-order valence-corrected chi connectivity index (χ1v) is 7.31. The van der Waals surface area contributed by atoms with Crippen LogP contribution in [-0.4, -0.2) is 11.8 Å². The molecule has 0 aliphatic rings. The van der Waals surface area contributed by atoms with E-state index in [9.17, 15) is 9.59 Å². The Hall–Kier alpha value is -2.04. The number of carbonyl (C=O) groups is 2. The average Bonchev–Trinajstić information content (AvgIpc) is 2.49. The number of carbonyl (C=O) groups excluding carboxylic acids is 2. The lowest BCUT2D eigenvalue weighted by Gasteiger charge is -2.08. The summed E-state index contributed by atoms with van der Waals surface area (Å²) >= 11 is 11.7. The molecule has 2 N–H and O–H groups in total. The van der Waals surface area contributed by atoms with Crippen molar-refractivity contribution in [3.8, 4) is 0 Å². The number of hydrogen-bond acceptors (Lipinski definition) is 2. The zero-order valence-corrected chi connectivity index (χ0v) is 13.3. The van der Waals surface area contributed by atoms with Crippen LogP contribution in [0.15, 0.2) is 42.5 Å². The molecule has 0 aliphatic carbocycles. The number of nitrogens with one attached hydrogen (secondary N) is 2. The minimum absolute atomic E-state index is 0.271. The largest absolute Gasteiger partial charge is 0.344 e. The van der Waals surface area contributed by atoms with Gasteiger partial charge < -0.3 is 10.6 Å². The van der Waals surface area contributed by atoms with Gasteiger partial charge in [0.2, 0.25) is 0 Å². The number of anilines is 1. The predicted molar refractivity (Wildman–Crippen MR) is 88.1 cm³/mol. The first kappa shape index (κ1) is 16.3. The normalized spacial score (nSPS) is 10.1. The van der Waals surface area contributed by atoms with Gasteiger partial charge >= 0.3 is 11.8 Å². The fraction of sp³-hybridized carbons (Fsp3) is 0.125. The van der Waals surface area contributed by atoms with Crippen LogP contribution in [0.4, 0.5) is 5.69 Å². The number of hydrogen-bond donors (Lipinski definition) is 2. The van der Waals surface area contributed by atoms with Crippen molar-refractivity contribution in [1.82, 2.24) is 5.32 Å². The van der Waals surface area contributed by atoms with Gasteiger partial charge in [-0.3, -0.25) is 9.59 Å². The molecule has 0 saturated carbocycles. The van der Waals surface area contributed by atoms with Crippen LogP contribution < -0.4 is 10.6 Å². The third-order valence-corrected chi connectivity index (χ3v) is 3.51. The Morgan fingerprint density at radius 2 is 1.68 bits per heavy atom. The Morgan fingerprint density at radius 1 is 1.00 bits per heavy atom. The lowest BCUT2D eigenvalue weighted by Crippen LogP contribution is -2.35. The lowest BCUT2D eigenvalue weighted by atomic mass is 10.1. The Bertz CT molecular complexity index is 700. The van der Waals surface area contributed by atoms with E-state index in [4.69, 9.17) is 23.2 Å². The summed E-state index contributed by atoms with van der Waals surface area (Å²) < 4.78 is 0. The summed E-state index contributed by atoms with van der Waals surface area (Å²) in [6, 6.07) is 12.3. The molecule has 2 aromatic rings. The molecule has 0 atom stereocenters. The van der Waals surface area contributed by atoms with Gasteiger partial charge in [0.1, 0.15) is 0 Å². The molecule has 0 radical (unpaired) electrons. The first-order chi connectivity index (χ1) is 10.5. The predicted octanol–water partition coefficient (Wildman–Crippen LogP) is 3.56. The number of halogens is 2. The molecule has 0 saturated heterocycles. The SMILES string of the molecule is Cc1ccc(CNC(=O)C(=O)Nc2ccc(Cl)cc2Cl)cc1. The van der Waals surface area contributed by atoms with E-state index in [1.165, 1.54) is 12.1 Å². The molecular weight excluding hydrogens is 323 g/mol. The van der Waals surface area contributed by atoms with Gasteiger partial charge in [-0.15, -0.1) is 0 Å². The van der Waals surface area contributed by atoms with E-state index in [1.54, 1.807) is 6.07 Å². The van der Waals surface area contributed by atoms with Gasteiger partial charge in [0, 0.05) is 11.6 Å². The van der Waals surface area contributed by atoms with E-state index in [2.05, 4.69) is 10.6 Å². The van der Waals surface area contributed by atoms with Gasteiger partial charge in [0.15, 0.2) is 0 Å². The lowest BCUT2D eigenvalue weighted by molar-refractivity contribution is -0.136. The summed E-state index contributed by atoms with van der Waals surface area (Å²) in [5, 5.41) is 5.71. The standard InChI is InChI=1S/C16H14Cl2N2O2/c1-10-2-4-11(5-3-10)9-19-15(21)16(22)20-14-7-6-12(17)8-13(14)18/h2-8H,9H2,1H3,(H,19,21)(H,20,22). The van der Waals surface area contributed by atoms with Gasteiger partial charge in [-0.1, -0.05) is 53.0 Å². The maximum absolute atomic E-state index is 11.8. The van der Waals surface area contributed by atoms with Crippen LogP contribution in [-0.2, 0) is 16.1 Å². The number of amides is 2. The molecule has 2 aromatic carbocycles. The maximum Gasteiger partial charge on any atom is 0.313 e. The van der Waals surface area contributed by atoms with E-state index in [-0.39, 0.29) is 11.6 Å². The summed E-state index contributed by atoms with van der Waals surface area (Å²) in [6.45, 7) is 2.26. The molecule has 0 heterocycles. The minimum Gasteiger partial charge on any atom is -0.344 e. The molecule has 0 spiro atoms. The highest BCUT2D eigenvalue weighted by Crippen LogP contribution is 2.25. The van der Waals surface area contributed by atoms with Crippen molar-refractivity contribution in [1.29, 1.82) is 0 Å². The number of aryl methyl sites for hydroxylation is 1. The molecule has 0 aromatic heterocycles.